The van der Waals surface area contributed by atoms with Crippen LogP contribution in [0.15, 0.2) is 12.2 Å². The van der Waals surface area contributed by atoms with Crippen LogP contribution in [-0.2, 0) is 14.3 Å². The van der Waals surface area contributed by atoms with E-state index in [0.29, 0.717) is 19.4 Å². The first-order chi connectivity index (χ1) is 7.31. The molecule has 0 spiro atoms. The van der Waals surface area contributed by atoms with E-state index in [0.717, 1.165) is 6.42 Å². The van der Waals surface area contributed by atoms with Gasteiger partial charge in [0, 0.05) is 12.5 Å². The highest BCUT2D eigenvalue weighted by Gasteiger charge is 2.41. The largest absolute Gasteiger partial charge is 0.464 e. The first-order valence-corrected chi connectivity index (χ1v) is 5.42. The Bertz CT molecular complexity index is 261. The van der Waals surface area contributed by atoms with Gasteiger partial charge in [-0.15, -0.1) is 0 Å². The maximum Gasteiger partial charge on any atom is 0.335 e. The smallest absolute Gasteiger partial charge is 0.335 e. The SMILES string of the molecule is O=C(OCCCCO)C1OC2C=CC1C2. The Morgan fingerprint density at radius 2 is 2.33 bits per heavy atom. The highest BCUT2D eigenvalue weighted by molar-refractivity contribution is 5.76. The van der Waals surface area contributed by atoms with Crippen molar-refractivity contribution in [1.82, 2.24) is 0 Å². The number of ether oxygens (including phenoxy) is 2. The molecule has 0 radical (unpaired) electrons. The van der Waals surface area contributed by atoms with Crippen LogP contribution in [0.2, 0.25) is 0 Å². The molecule has 0 amide bonds. The molecule has 2 rings (SSSR count). The zero-order chi connectivity index (χ0) is 10.7. The van der Waals surface area contributed by atoms with Gasteiger partial charge in [0.25, 0.3) is 0 Å². The predicted molar refractivity (Wildman–Crippen MR) is 53.2 cm³/mol. The molecular weight excluding hydrogens is 196 g/mol. The van der Waals surface area contributed by atoms with Gasteiger partial charge in [0.15, 0.2) is 6.10 Å². The van der Waals surface area contributed by atoms with Gasteiger partial charge < -0.3 is 14.6 Å². The van der Waals surface area contributed by atoms with E-state index in [-0.39, 0.29) is 24.6 Å². The number of hydrogen-bond donors (Lipinski definition) is 1. The molecule has 0 saturated carbocycles. The van der Waals surface area contributed by atoms with Gasteiger partial charge in [0.1, 0.15) is 0 Å². The van der Waals surface area contributed by atoms with Crippen LogP contribution >= 0.6 is 0 Å². The third-order valence-corrected chi connectivity index (χ3v) is 2.82. The quantitative estimate of drug-likeness (QED) is 0.413. The Balaban J connectivity index is 1.70. The average Bonchev–Trinajstić information content (AvgIpc) is 2.85. The summed E-state index contributed by atoms with van der Waals surface area (Å²) in [7, 11) is 0. The lowest BCUT2D eigenvalue weighted by Crippen LogP contribution is -2.30. The van der Waals surface area contributed by atoms with Gasteiger partial charge >= 0.3 is 5.97 Å². The number of aliphatic hydroxyl groups excluding tert-OH is 1. The molecule has 1 saturated heterocycles. The van der Waals surface area contributed by atoms with Crippen LogP contribution in [-0.4, -0.2) is 36.5 Å². The van der Waals surface area contributed by atoms with Crippen LogP contribution in [0.25, 0.3) is 0 Å². The van der Waals surface area contributed by atoms with Gasteiger partial charge in [0.2, 0.25) is 0 Å². The van der Waals surface area contributed by atoms with E-state index in [1.807, 2.05) is 12.2 Å². The zero-order valence-electron chi connectivity index (χ0n) is 8.59. The van der Waals surface area contributed by atoms with Crippen molar-refractivity contribution in [3.63, 3.8) is 0 Å². The molecule has 84 valence electrons. The molecule has 15 heavy (non-hydrogen) atoms. The second-order valence-electron chi connectivity index (χ2n) is 3.98. The van der Waals surface area contributed by atoms with Crippen molar-refractivity contribution in [3.8, 4) is 0 Å². The van der Waals surface area contributed by atoms with Crippen LogP contribution in [0.1, 0.15) is 19.3 Å². The molecule has 2 bridgehead atoms. The number of esters is 1. The molecular formula is C11H16O4. The highest BCUT2D eigenvalue weighted by Crippen LogP contribution is 2.34. The van der Waals surface area contributed by atoms with E-state index in [1.165, 1.54) is 0 Å². The lowest BCUT2D eigenvalue weighted by Gasteiger charge is -2.16. The van der Waals surface area contributed by atoms with Crippen LogP contribution in [0, 0.1) is 5.92 Å². The normalized spacial score (nSPS) is 32.2. The summed E-state index contributed by atoms with van der Waals surface area (Å²) in [5, 5.41) is 8.55. The van der Waals surface area contributed by atoms with Crippen LogP contribution < -0.4 is 0 Å². The van der Waals surface area contributed by atoms with Gasteiger partial charge in [-0.05, 0) is 19.3 Å². The lowest BCUT2D eigenvalue weighted by atomic mass is 10.0. The number of aliphatic hydroxyl groups is 1. The minimum absolute atomic E-state index is 0.116. The number of carbonyl (C=O) groups excluding carboxylic acids is 1. The van der Waals surface area contributed by atoms with Crippen molar-refractivity contribution in [2.24, 2.45) is 5.92 Å². The summed E-state index contributed by atoms with van der Waals surface area (Å²) in [6.45, 7) is 0.519. The Morgan fingerprint density at radius 1 is 1.47 bits per heavy atom. The summed E-state index contributed by atoms with van der Waals surface area (Å²) >= 11 is 0. The van der Waals surface area contributed by atoms with Gasteiger partial charge in [-0.1, -0.05) is 12.2 Å². The molecule has 1 heterocycles. The zero-order valence-corrected chi connectivity index (χ0v) is 8.59. The van der Waals surface area contributed by atoms with Crippen LogP contribution in [0.3, 0.4) is 0 Å². The summed E-state index contributed by atoms with van der Waals surface area (Å²) in [6, 6.07) is 0. The Morgan fingerprint density at radius 3 is 2.93 bits per heavy atom. The Hall–Kier alpha value is -0.870. The molecule has 1 aliphatic heterocycles. The summed E-state index contributed by atoms with van der Waals surface area (Å²) in [4.78, 5) is 11.6. The predicted octanol–water partition coefficient (Wildman–Crippen LogP) is 0.646. The average molecular weight is 212 g/mol. The van der Waals surface area contributed by atoms with E-state index in [2.05, 4.69) is 0 Å². The fraction of sp³-hybridized carbons (Fsp3) is 0.727. The molecule has 3 unspecified atom stereocenters. The molecule has 3 atom stereocenters. The Labute approximate surface area is 88.9 Å². The van der Waals surface area contributed by atoms with Crippen LogP contribution in [0.5, 0.6) is 0 Å². The molecule has 1 N–H and O–H groups in total. The molecule has 1 fully saturated rings. The summed E-state index contributed by atoms with van der Waals surface area (Å²) in [5.74, 6) is -0.0508. The van der Waals surface area contributed by atoms with Gasteiger partial charge in [-0.25, -0.2) is 4.79 Å². The summed E-state index contributed by atoms with van der Waals surface area (Å²) in [5.41, 5.74) is 0. The Kier molecular flexibility index (Phi) is 3.38. The second kappa shape index (κ2) is 4.77. The van der Waals surface area contributed by atoms with Gasteiger partial charge in [-0.3, -0.25) is 0 Å². The number of unbranched alkanes of at least 4 members (excludes halogenated alkanes) is 1. The molecule has 2 aliphatic rings. The minimum Gasteiger partial charge on any atom is -0.464 e. The second-order valence-corrected chi connectivity index (χ2v) is 3.98. The van der Waals surface area contributed by atoms with Gasteiger partial charge in [0.05, 0.1) is 12.7 Å². The maximum absolute atomic E-state index is 11.6. The molecule has 4 nitrogen and oxygen atoms in total. The summed E-state index contributed by atoms with van der Waals surface area (Å²) < 4.78 is 10.5. The fourth-order valence-corrected chi connectivity index (χ4v) is 2.01. The van der Waals surface area contributed by atoms with E-state index in [4.69, 9.17) is 14.6 Å². The topological polar surface area (TPSA) is 55.8 Å². The van der Waals surface area contributed by atoms with Gasteiger partial charge in [-0.2, -0.15) is 0 Å². The molecule has 0 aromatic carbocycles. The van der Waals surface area contributed by atoms with Crippen molar-refractivity contribution in [2.75, 3.05) is 13.2 Å². The van der Waals surface area contributed by atoms with Crippen molar-refractivity contribution in [3.05, 3.63) is 12.2 Å². The minimum atomic E-state index is -0.394. The molecule has 0 aromatic heterocycles. The monoisotopic (exact) mass is 212 g/mol. The number of fused-ring (bicyclic) bond motifs is 2. The number of rotatable bonds is 5. The fourth-order valence-electron chi connectivity index (χ4n) is 2.01. The van der Waals surface area contributed by atoms with E-state index in [1.54, 1.807) is 0 Å². The number of carbonyl (C=O) groups is 1. The number of hydrogen-bond acceptors (Lipinski definition) is 4. The van der Waals surface area contributed by atoms with Crippen molar-refractivity contribution >= 4 is 5.97 Å². The van der Waals surface area contributed by atoms with Crippen LogP contribution in [0.4, 0.5) is 0 Å². The standard InChI is InChI=1S/C11H16O4/c12-5-1-2-6-14-11(13)10-8-3-4-9(7-8)15-10/h3-4,8-10,12H,1-2,5-7H2. The van der Waals surface area contributed by atoms with Crippen molar-refractivity contribution in [2.45, 2.75) is 31.5 Å². The lowest BCUT2D eigenvalue weighted by molar-refractivity contribution is -0.157. The van der Waals surface area contributed by atoms with E-state index < -0.39 is 6.10 Å². The third kappa shape index (κ3) is 2.38. The first kappa shape index (κ1) is 10.6. The van der Waals surface area contributed by atoms with Crippen molar-refractivity contribution in [1.29, 1.82) is 0 Å². The van der Waals surface area contributed by atoms with E-state index >= 15 is 0 Å². The summed E-state index contributed by atoms with van der Waals surface area (Å²) in [6.07, 6.45) is 6.05. The first-order valence-electron chi connectivity index (χ1n) is 5.42. The molecule has 0 aromatic rings. The highest BCUT2D eigenvalue weighted by atomic mass is 16.6. The third-order valence-electron chi connectivity index (χ3n) is 2.82. The maximum atomic E-state index is 11.6. The molecule has 4 heteroatoms. The van der Waals surface area contributed by atoms with E-state index in [9.17, 15) is 4.79 Å². The van der Waals surface area contributed by atoms with Crippen molar-refractivity contribution < 1.29 is 19.4 Å². The molecule has 1 aliphatic carbocycles.